The Bertz CT molecular complexity index is 900. The summed E-state index contributed by atoms with van der Waals surface area (Å²) in [5.74, 6) is 0.0836. The number of nitrogens with zero attached hydrogens (tertiary/aromatic N) is 1. The Kier molecular flexibility index (Phi) is 5.00. The van der Waals surface area contributed by atoms with Gasteiger partial charge >= 0.3 is 0 Å². The number of halogens is 1. The lowest BCUT2D eigenvalue weighted by molar-refractivity contribution is 0.104. The molecule has 25 heavy (non-hydrogen) atoms. The summed E-state index contributed by atoms with van der Waals surface area (Å²) in [5, 5.41) is 0. The second-order valence-electron chi connectivity index (χ2n) is 5.39. The van der Waals surface area contributed by atoms with Gasteiger partial charge in [0.05, 0.1) is 7.11 Å². The molecular weight excluding hydrogens is 317 g/mol. The molecule has 0 radical (unpaired) electrons. The highest BCUT2D eigenvalue weighted by molar-refractivity contribution is 6.10. The second kappa shape index (κ2) is 7.53. The highest BCUT2D eigenvalue weighted by Crippen LogP contribution is 2.24. The zero-order valence-corrected chi connectivity index (χ0v) is 13.6. The molecule has 0 aliphatic heterocycles. The smallest absolute Gasteiger partial charge is 0.212 e. The summed E-state index contributed by atoms with van der Waals surface area (Å²) in [4.78, 5) is 16.3. The molecule has 3 aromatic rings. The van der Waals surface area contributed by atoms with Crippen molar-refractivity contribution in [2.75, 3.05) is 7.11 Å². The van der Waals surface area contributed by atoms with Gasteiger partial charge in [0.2, 0.25) is 5.95 Å². The number of methoxy groups -OCH3 is 1. The van der Waals surface area contributed by atoms with Crippen LogP contribution in [0.2, 0.25) is 0 Å². The number of pyridine rings is 1. The molecule has 0 atom stereocenters. The second-order valence-corrected chi connectivity index (χ2v) is 5.39. The van der Waals surface area contributed by atoms with Crippen molar-refractivity contribution in [1.29, 1.82) is 0 Å². The minimum atomic E-state index is -0.549. The molecule has 0 saturated heterocycles. The van der Waals surface area contributed by atoms with Gasteiger partial charge in [0, 0.05) is 17.3 Å². The molecule has 3 rings (SSSR count). The first kappa shape index (κ1) is 16.6. The topological polar surface area (TPSA) is 39.2 Å². The quantitative estimate of drug-likeness (QED) is 0.383. The van der Waals surface area contributed by atoms with Crippen LogP contribution in [-0.2, 0) is 0 Å². The number of hydrogen-bond acceptors (Lipinski definition) is 3. The van der Waals surface area contributed by atoms with Crippen molar-refractivity contribution >= 4 is 11.9 Å². The lowest BCUT2D eigenvalue weighted by Crippen LogP contribution is -1.98. The lowest BCUT2D eigenvalue weighted by Gasteiger charge is -2.06. The molecule has 0 bridgehead atoms. The standard InChI is InChI=1S/C21H16FNO2/c1-25-17-10-6-15(7-11-17)8-12-20(24)19-5-3-2-4-18(19)16-9-13-21(22)23-14-16/h2-14H,1H3/b12-8+. The molecule has 1 aromatic heterocycles. The van der Waals surface area contributed by atoms with Crippen molar-refractivity contribution < 1.29 is 13.9 Å². The molecule has 0 aliphatic carbocycles. The zero-order chi connectivity index (χ0) is 17.6. The molecule has 0 saturated carbocycles. The summed E-state index contributed by atoms with van der Waals surface area (Å²) >= 11 is 0. The number of carbonyl (C=O) groups excluding carboxylic acids is 1. The molecule has 4 heteroatoms. The minimum absolute atomic E-state index is 0.129. The van der Waals surface area contributed by atoms with Crippen LogP contribution < -0.4 is 4.74 Å². The van der Waals surface area contributed by atoms with Crippen molar-refractivity contribution in [3.63, 3.8) is 0 Å². The predicted molar refractivity (Wildman–Crippen MR) is 96.0 cm³/mol. The molecular formula is C21H16FNO2. The SMILES string of the molecule is COc1ccc(/C=C/C(=O)c2ccccc2-c2ccc(F)nc2)cc1. The fraction of sp³-hybridized carbons (Fsp3) is 0.0476. The van der Waals surface area contributed by atoms with E-state index in [1.54, 1.807) is 31.4 Å². The van der Waals surface area contributed by atoms with E-state index in [1.807, 2.05) is 36.4 Å². The van der Waals surface area contributed by atoms with Gasteiger partial charge in [-0.15, -0.1) is 0 Å². The molecule has 0 amide bonds. The summed E-state index contributed by atoms with van der Waals surface area (Å²) in [6.07, 6.45) is 4.70. The fourth-order valence-electron chi connectivity index (χ4n) is 2.46. The van der Waals surface area contributed by atoms with Gasteiger partial charge in [-0.3, -0.25) is 4.79 Å². The Hall–Kier alpha value is -3.27. The van der Waals surface area contributed by atoms with Crippen molar-refractivity contribution in [2.24, 2.45) is 0 Å². The van der Waals surface area contributed by atoms with Crippen molar-refractivity contribution in [2.45, 2.75) is 0 Å². The van der Waals surface area contributed by atoms with Gasteiger partial charge in [0.1, 0.15) is 5.75 Å². The van der Waals surface area contributed by atoms with Gasteiger partial charge in [-0.1, -0.05) is 42.5 Å². The molecule has 0 N–H and O–H groups in total. The molecule has 0 aliphatic rings. The number of rotatable bonds is 5. The highest BCUT2D eigenvalue weighted by atomic mass is 19.1. The van der Waals surface area contributed by atoms with E-state index < -0.39 is 5.95 Å². The monoisotopic (exact) mass is 333 g/mol. The Morgan fingerprint density at radius 1 is 1.04 bits per heavy atom. The van der Waals surface area contributed by atoms with Crippen LogP contribution in [0.4, 0.5) is 4.39 Å². The van der Waals surface area contributed by atoms with Crippen LogP contribution in [0, 0.1) is 5.95 Å². The van der Waals surface area contributed by atoms with E-state index in [0.717, 1.165) is 16.9 Å². The minimum Gasteiger partial charge on any atom is -0.497 e. The summed E-state index contributed by atoms with van der Waals surface area (Å²) in [6, 6.07) is 17.5. The number of ether oxygens (including phenoxy) is 1. The number of ketones is 1. The average molecular weight is 333 g/mol. The van der Waals surface area contributed by atoms with Crippen LogP contribution >= 0.6 is 0 Å². The molecule has 0 unspecified atom stereocenters. The number of allylic oxidation sites excluding steroid dienone is 1. The van der Waals surface area contributed by atoms with Gasteiger partial charge in [-0.25, -0.2) is 4.98 Å². The van der Waals surface area contributed by atoms with Crippen LogP contribution in [0.25, 0.3) is 17.2 Å². The summed E-state index contributed by atoms with van der Waals surface area (Å²) < 4.78 is 18.1. The molecule has 3 nitrogen and oxygen atoms in total. The Balaban J connectivity index is 1.87. The van der Waals surface area contributed by atoms with Crippen LogP contribution in [0.3, 0.4) is 0 Å². The average Bonchev–Trinajstić information content (AvgIpc) is 2.67. The van der Waals surface area contributed by atoms with Crippen molar-refractivity contribution in [3.8, 4) is 16.9 Å². The van der Waals surface area contributed by atoms with Crippen LogP contribution in [-0.4, -0.2) is 17.9 Å². The summed E-state index contributed by atoms with van der Waals surface area (Å²) in [7, 11) is 1.61. The van der Waals surface area contributed by atoms with Gasteiger partial charge in [-0.05, 0) is 41.5 Å². The van der Waals surface area contributed by atoms with Crippen LogP contribution in [0.5, 0.6) is 5.75 Å². The predicted octanol–water partition coefficient (Wildman–Crippen LogP) is 4.79. The maximum atomic E-state index is 13.0. The van der Waals surface area contributed by atoms with E-state index in [9.17, 15) is 9.18 Å². The Morgan fingerprint density at radius 3 is 2.48 bits per heavy atom. The summed E-state index contributed by atoms with van der Waals surface area (Å²) in [6.45, 7) is 0. The number of aromatic nitrogens is 1. The lowest BCUT2D eigenvalue weighted by atomic mass is 9.97. The van der Waals surface area contributed by atoms with E-state index in [-0.39, 0.29) is 5.78 Å². The maximum Gasteiger partial charge on any atom is 0.212 e. The number of benzene rings is 2. The normalized spacial score (nSPS) is 10.8. The van der Waals surface area contributed by atoms with Crippen LogP contribution in [0.1, 0.15) is 15.9 Å². The number of hydrogen-bond donors (Lipinski definition) is 0. The van der Waals surface area contributed by atoms with Crippen LogP contribution in [0.15, 0.2) is 72.9 Å². The van der Waals surface area contributed by atoms with E-state index in [2.05, 4.69) is 4.98 Å². The summed E-state index contributed by atoms with van der Waals surface area (Å²) in [5.41, 5.74) is 2.86. The zero-order valence-electron chi connectivity index (χ0n) is 13.6. The Labute approximate surface area is 145 Å². The first-order valence-corrected chi connectivity index (χ1v) is 7.75. The third kappa shape index (κ3) is 3.98. The van der Waals surface area contributed by atoms with Gasteiger partial charge in [-0.2, -0.15) is 4.39 Å². The van der Waals surface area contributed by atoms with E-state index in [1.165, 1.54) is 18.3 Å². The van der Waals surface area contributed by atoms with Crippen molar-refractivity contribution in [1.82, 2.24) is 4.98 Å². The molecule has 2 aromatic carbocycles. The first-order valence-electron chi connectivity index (χ1n) is 7.75. The molecule has 1 heterocycles. The number of carbonyl (C=O) groups is 1. The van der Waals surface area contributed by atoms with E-state index in [4.69, 9.17) is 4.74 Å². The van der Waals surface area contributed by atoms with E-state index >= 15 is 0 Å². The fourth-order valence-corrected chi connectivity index (χ4v) is 2.46. The van der Waals surface area contributed by atoms with Gasteiger partial charge in [0.25, 0.3) is 0 Å². The third-order valence-electron chi connectivity index (χ3n) is 3.77. The van der Waals surface area contributed by atoms with Gasteiger partial charge in [0.15, 0.2) is 5.78 Å². The molecule has 0 spiro atoms. The van der Waals surface area contributed by atoms with Gasteiger partial charge < -0.3 is 4.74 Å². The highest BCUT2D eigenvalue weighted by Gasteiger charge is 2.10. The maximum absolute atomic E-state index is 13.0. The first-order chi connectivity index (χ1) is 12.2. The Morgan fingerprint density at radius 2 is 1.80 bits per heavy atom. The largest absolute Gasteiger partial charge is 0.497 e. The van der Waals surface area contributed by atoms with E-state index in [0.29, 0.717) is 11.1 Å². The van der Waals surface area contributed by atoms with Crippen molar-refractivity contribution in [3.05, 3.63) is 90.0 Å². The third-order valence-corrected chi connectivity index (χ3v) is 3.77. The molecule has 0 fully saturated rings. The molecule has 124 valence electrons.